The van der Waals surface area contributed by atoms with Crippen LogP contribution in [0.4, 0.5) is 0 Å². The van der Waals surface area contributed by atoms with Crippen molar-refractivity contribution in [2.24, 2.45) is 0 Å². The van der Waals surface area contributed by atoms with Crippen LogP contribution in [0.15, 0.2) is 66.9 Å². The van der Waals surface area contributed by atoms with Gasteiger partial charge in [-0.15, -0.1) is 0 Å². The Bertz CT molecular complexity index is 889. The SMILES string of the molecule is O=C([O-])COCCCCCc1cnc(-c2ccccc2)c(-c2ccccc2)n1.[Na+]. The van der Waals surface area contributed by atoms with Crippen molar-refractivity contribution in [1.29, 1.82) is 0 Å². The van der Waals surface area contributed by atoms with Gasteiger partial charge in [0.15, 0.2) is 0 Å². The van der Waals surface area contributed by atoms with Crippen molar-refractivity contribution in [2.45, 2.75) is 25.7 Å². The number of unbranched alkanes of at least 4 members (excludes halogenated alkanes) is 2. The third-order valence-corrected chi connectivity index (χ3v) is 4.36. The molecular formula is C23H23N2NaO3. The molecule has 0 unspecified atom stereocenters. The number of aliphatic carboxylic acids is 1. The number of ether oxygens (including phenoxy) is 1. The molecule has 0 aliphatic rings. The van der Waals surface area contributed by atoms with Gasteiger partial charge >= 0.3 is 29.6 Å². The number of carbonyl (C=O) groups excluding carboxylic acids is 1. The van der Waals surface area contributed by atoms with Gasteiger partial charge in [0.2, 0.25) is 0 Å². The molecular weight excluding hydrogens is 375 g/mol. The third kappa shape index (κ3) is 7.37. The first-order valence-corrected chi connectivity index (χ1v) is 9.48. The summed E-state index contributed by atoms with van der Waals surface area (Å²) in [6, 6.07) is 20.2. The van der Waals surface area contributed by atoms with Crippen molar-refractivity contribution < 1.29 is 44.2 Å². The number of nitrogens with zero attached hydrogens (tertiary/aromatic N) is 2. The normalized spacial score (nSPS) is 10.3. The molecule has 6 heteroatoms. The Morgan fingerprint density at radius 1 is 0.862 bits per heavy atom. The minimum atomic E-state index is -1.18. The van der Waals surface area contributed by atoms with E-state index >= 15 is 0 Å². The largest absolute Gasteiger partial charge is 1.00 e. The molecule has 0 aliphatic carbocycles. The number of rotatable bonds is 10. The maximum absolute atomic E-state index is 10.3. The number of aryl methyl sites for hydroxylation is 1. The first-order valence-electron chi connectivity index (χ1n) is 9.48. The van der Waals surface area contributed by atoms with Crippen molar-refractivity contribution in [3.63, 3.8) is 0 Å². The van der Waals surface area contributed by atoms with E-state index in [4.69, 9.17) is 14.7 Å². The molecule has 0 atom stereocenters. The molecule has 3 aromatic rings. The Hall–Kier alpha value is -2.05. The van der Waals surface area contributed by atoms with E-state index in [1.807, 2.05) is 54.7 Å². The summed E-state index contributed by atoms with van der Waals surface area (Å²) in [5, 5.41) is 10.3. The van der Waals surface area contributed by atoms with Crippen molar-refractivity contribution in [2.75, 3.05) is 13.2 Å². The molecule has 0 saturated heterocycles. The molecule has 2 aromatic carbocycles. The van der Waals surface area contributed by atoms with Crippen LogP contribution in [0.5, 0.6) is 0 Å². The van der Waals surface area contributed by atoms with Crippen LogP contribution in [0.25, 0.3) is 22.5 Å². The van der Waals surface area contributed by atoms with Crippen LogP contribution < -0.4 is 34.7 Å². The van der Waals surface area contributed by atoms with Crippen LogP contribution >= 0.6 is 0 Å². The van der Waals surface area contributed by atoms with E-state index in [1.165, 1.54) is 0 Å². The zero-order valence-electron chi connectivity index (χ0n) is 16.7. The molecule has 1 aromatic heterocycles. The fourth-order valence-electron chi connectivity index (χ4n) is 2.99. The quantitative estimate of drug-likeness (QED) is 0.363. The Balaban J connectivity index is 0.00000300. The minimum absolute atomic E-state index is 0. The second kappa shape index (κ2) is 12.5. The summed E-state index contributed by atoms with van der Waals surface area (Å²) < 4.78 is 5.00. The maximum atomic E-state index is 10.3. The number of carboxylic acids is 1. The van der Waals surface area contributed by atoms with Gasteiger partial charge in [-0.05, 0) is 19.3 Å². The molecule has 3 rings (SSSR count). The van der Waals surface area contributed by atoms with Gasteiger partial charge in [0.25, 0.3) is 0 Å². The van der Waals surface area contributed by atoms with E-state index < -0.39 is 5.97 Å². The molecule has 1 heterocycles. The first kappa shape index (κ1) is 23.2. The average molecular weight is 398 g/mol. The molecule has 0 bridgehead atoms. The van der Waals surface area contributed by atoms with Gasteiger partial charge in [-0.1, -0.05) is 67.1 Å². The van der Waals surface area contributed by atoms with Crippen molar-refractivity contribution in [1.82, 2.24) is 9.97 Å². The predicted octanol–water partition coefficient (Wildman–Crippen LogP) is 0.294. The zero-order valence-corrected chi connectivity index (χ0v) is 18.7. The van der Waals surface area contributed by atoms with Crippen LogP contribution in [0, 0.1) is 0 Å². The molecule has 0 radical (unpaired) electrons. The molecule has 0 N–H and O–H groups in total. The van der Waals surface area contributed by atoms with Gasteiger partial charge in [0.05, 0.1) is 29.7 Å². The van der Waals surface area contributed by atoms with Crippen molar-refractivity contribution in [3.8, 4) is 22.5 Å². The Kier molecular flexibility index (Phi) is 10.0. The molecule has 5 nitrogen and oxygen atoms in total. The second-order valence-corrected chi connectivity index (χ2v) is 6.53. The van der Waals surface area contributed by atoms with E-state index in [9.17, 15) is 9.90 Å². The van der Waals surface area contributed by atoms with Gasteiger partial charge in [0, 0.05) is 23.9 Å². The van der Waals surface area contributed by atoms with Gasteiger partial charge in [-0.3, -0.25) is 4.98 Å². The monoisotopic (exact) mass is 398 g/mol. The van der Waals surface area contributed by atoms with Crippen LogP contribution in [0.1, 0.15) is 25.0 Å². The van der Waals surface area contributed by atoms with Crippen LogP contribution in [0.2, 0.25) is 0 Å². The number of carbonyl (C=O) groups is 1. The fraction of sp³-hybridized carbons (Fsp3) is 0.261. The van der Waals surface area contributed by atoms with Gasteiger partial charge < -0.3 is 14.6 Å². The van der Waals surface area contributed by atoms with E-state index in [1.54, 1.807) is 0 Å². The average Bonchev–Trinajstić information content (AvgIpc) is 2.74. The molecule has 0 fully saturated rings. The standard InChI is InChI=1S/C23H24N2O3.Na/c26-21(27)17-28-15-9-3-8-14-20-16-24-22(18-10-4-1-5-11-18)23(25-20)19-12-6-2-7-13-19;/h1-2,4-7,10-13,16H,3,8-9,14-15,17H2,(H,26,27);/q;+1/p-1. The molecule has 0 saturated carbocycles. The minimum Gasteiger partial charge on any atom is -0.548 e. The van der Waals surface area contributed by atoms with Crippen LogP contribution in [-0.2, 0) is 16.0 Å². The summed E-state index contributed by atoms with van der Waals surface area (Å²) in [6.45, 7) is 0.0920. The van der Waals surface area contributed by atoms with Gasteiger partial charge in [-0.2, -0.15) is 0 Å². The van der Waals surface area contributed by atoms with E-state index in [2.05, 4.69) is 12.1 Å². The number of aromatic nitrogens is 2. The topological polar surface area (TPSA) is 75.1 Å². The Labute approximate surface area is 193 Å². The third-order valence-electron chi connectivity index (χ3n) is 4.36. The second-order valence-electron chi connectivity index (χ2n) is 6.53. The number of benzene rings is 2. The molecule has 0 spiro atoms. The molecule has 0 amide bonds. The van der Waals surface area contributed by atoms with E-state index in [0.717, 1.165) is 53.9 Å². The zero-order chi connectivity index (χ0) is 19.6. The summed E-state index contributed by atoms with van der Waals surface area (Å²) in [4.78, 5) is 19.9. The molecule has 144 valence electrons. The van der Waals surface area contributed by atoms with Gasteiger partial charge in [0.1, 0.15) is 0 Å². The first-order chi connectivity index (χ1) is 13.7. The van der Waals surface area contributed by atoms with Crippen molar-refractivity contribution >= 4 is 5.97 Å². The summed E-state index contributed by atoms with van der Waals surface area (Å²) in [7, 11) is 0. The number of hydrogen-bond donors (Lipinski definition) is 0. The maximum Gasteiger partial charge on any atom is 1.00 e. The predicted molar refractivity (Wildman–Crippen MR) is 106 cm³/mol. The smallest absolute Gasteiger partial charge is 0.548 e. The summed E-state index contributed by atoms with van der Waals surface area (Å²) >= 11 is 0. The Morgan fingerprint density at radius 2 is 1.48 bits per heavy atom. The molecule has 29 heavy (non-hydrogen) atoms. The van der Waals surface area contributed by atoms with E-state index in [0.29, 0.717) is 6.61 Å². The van der Waals surface area contributed by atoms with Crippen LogP contribution in [-0.4, -0.2) is 29.2 Å². The summed E-state index contributed by atoms with van der Waals surface area (Å²) in [5.74, 6) is -1.18. The summed E-state index contributed by atoms with van der Waals surface area (Å²) in [5.41, 5.74) is 4.82. The van der Waals surface area contributed by atoms with E-state index in [-0.39, 0.29) is 36.2 Å². The summed E-state index contributed by atoms with van der Waals surface area (Å²) in [6.07, 6.45) is 5.37. The fourth-order valence-corrected chi connectivity index (χ4v) is 2.99. The van der Waals surface area contributed by atoms with Crippen LogP contribution in [0.3, 0.4) is 0 Å². The Morgan fingerprint density at radius 3 is 2.10 bits per heavy atom. The number of hydrogen-bond acceptors (Lipinski definition) is 5. The number of carboxylic acid groups (broad SMARTS) is 1. The molecule has 0 aliphatic heterocycles. The van der Waals surface area contributed by atoms with Gasteiger partial charge in [-0.25, -0.2) is 4.98 Å². The van der Waals surface area contributed by atoms with Crippen molar-refractivity contribution in [3.05, 3.63) is 72.6 Å².